The fourth-order valence-electron chi connectivity index (χ4n) is 2.88. The smallest absolute Gasteiger partial charge is 0.258 e. The molecule has 4 nitrogen and oxygen atoms in total. The lowest BCUT2D eigenvalue weighted by Gasteiger charge is -2.15. The van der Waals surface area contributed by atoms with Crippen molar-refractivity contribution in [2.45, 2.75) is 50.9 Å². The molecule has 1 aromatic heterocycles. The predicted molar refractivity (Wildman–Crippen MR) is 84.2 cm³/mol. The number of phenolic OH excluding ortho intramolecular Hbond substituents is 1. The molecule has 0 saturated heterocycles. The van der Waals surface area contributed by atoms with Gasteiger partial charge in [0, 0.05) is 11.5 Å². The molecule has 21 heavy (non-hydrogen) atoms. The summed E-state index contributed by atoms with van der Waals surface area (Å²) in [5.74, 6) is 1.88. The van der Waals surface area contributed by atoms with E-state index in [0.29, 0.717) is 16.3 Å². The largest absolute Gasteiger partial charge is 0.507 e. The topological polar surface area (TPSA) is 59.2 Å². The zero-order valence-electron chi connectivity index (χ0n) is 11.9. The normalized spacial score (nSPS) is 17.4. The van der Waals surface area contributed by atoms with E-state index in [4.69, 9.17) is 4.52 Å². The number of phenols is 1. The number of aromatic nitrogens is 2. The number of hydrogen-bond donors (Lipinski definition) is 1. The van der Waals surface area contributed by atoms with E-state index in [1.807, 2.05) is 6.07 Å². The molecule has 1 N–H and O–H groups in total. The first-order valence-electron chi connectivity index (χ1n) is 7.56. The van der Waals surface area contributed by atoms with Crippen LogP contribution in [0.2, 0.25) is 0 Å². The average molecular weight is 351 g/mol. The summed E-state index contributed by atoms with van der Waals surface area (Å²) >= 11 is 3.27. The molecule has 112 valence electrons. The third-order valence-electron chi connectivity index (χ3n) is 4.11. The minimum absolute atomic E-state index is 0.179. The van der Waals surface area contributed by atoms with Crippen molar-refractivity contribution in [2.75, 3.05) is 0 Å². The van der Waals surface area contributed by atoms with Crippen molar-refractivity contribution in [2.24, 2.45) is 0 Å². The summed E-state index contributed by atoms with van der Waals surface area (Å²) in [5.41, 5.74) is 0.750. The summed E-state index contributed by atoms with van der Waals surface area (Å²) in [6.07, 6.45) is 8.74. The molecule has 1 heterocycles. The summed E-state index contributed by atoms with van der Waals surface area (Å²) < 4.78 is 6.04. The molecule has 0 aliphatic heterocycles. The van der Waals surface area contributed by atoms with Crippen molar-refractivity contribution in [3.63, 3.8) is 0 Å². The lowest BCUT2D eigenvalue weighted by atomic mass is 9.91. The Morgan fingerprint density at radius 2 is 1.81 bits per heavy atom. The number of aromatic hydroxyl groups is 1. The summed E-state index contributed by atoms with van der Waals surface area (Å²) in [5, 5.41) is 13.9. The summed E-state index contributed by atoms with van der Waals surface area (Å²) in [4.78, 5) is 4.54. The van der Waals surface area contributed by atoms with Crippen molar-refractivity contribution < 1.29 is 9.63 Å². The Labute approximate surface area is 132 Å². The van der Waals surface area contributed by atoms with E-state index in [1.165, 1.54) is 32.1 Å². The first-order chi connectivity index (χ1) is 10.2. The SMILES string of the molecule is Oc1cc(-c2nc(C3CCCCCCC3)no2)ccc1Br. The van der Waals surface area contributed by atoms with Gasteiger partial charge in [0.25, 0.3) is 5.89 Å². The van der Waals surface area contributed by atoms with Gasteiger partial charge < -0.3 is 9.63 Å². The second kappa shape index (κ2) is 6.60. The molecular formula is C16H19BrN2O2. The third-order valence-corrected chi connectivity index (χ3v) is 4.78. The minimum atomic E-state index is 0.179. The Kier molecular flexibility index (Phi) is 4.58. The highest BCUT2D eigenvalue weighted by Gasteiger charge is 2.20. The van der Waals surface area contributed by atoms with Gasteiger partial charge in [-0.3, -0.25) is 0 Å². The van der Waals surface area contributed by atoms with Gasteiger partial charge in [-0.2, -0.15) is 4.98 Å². The molecule has 1 aliphatic carbocycles. The van der Waals surface area contributed by atoms with Gasteiger partial charge >= 0.3 is 0 Å². The van der Waals surface area contributed by atoms with E-state index in [0.717, 1.165) is 24.2 Å². The van der Waals surface area contributed by atoms with Crippen LogP contribution in [0.3, 0.4) is 0 Å². The van der Waals surface area contributed by atoms with Gasteiger partial charge in [0.05, 0.1) is 4.47 Å². The van der Waals surface area contributed by atoms with Crippen LogP contribution in [0.5, 0.6) is 5.75 Å². The van der Waals surface area contributed by atoms with Gasteiger partial charge in [-0.15, -0.1) is 0 Å². The summed E-state index contributed by atoms with van der Waals surface area (Å²) in [7, 11) is 0. The highest BCUT2D eigenvalue weighted by Crippen LogP contribution is 2.32. The van der Waals surface area contributed by atoms with E-state index in [9.17, 15) is 5.11 Å². The zero-order chi connectivity index (χ0) is 14.7. The van der Waals surface area contributed by atoms with E-state index < -0.39 is 0 Å². The molecule has 0 atom stereocenters. The lowest BCUT2D eigenvalue weighted by Crippen LogP contribution is -2.04. The molecule has 1 aliphatic rings. The highest BCUT2D eigenvalue weighted by atomic mass is 79.9. The van der Waals surface area contributed by atoms with Gasteiger partial charge in [-0.05, 0) is 47.0 Å². The Bertz CT molecular complexity index is 604. The maximum atomic E-state index is 9.75. The standard InChI is InChI=1S/C16H19BrN2O2/c17-13-9-8-12(10-14(13)20)16-18-15(19-21-16)11-6-4-2-1-3-5-7-11/h8-11,20H,1-7H2. The molecular weight excluding hydrogens is 332 g/mol. The van der Waals surface area contributed by atoms with Gasteiger partial charge in [0.15, 0.2) is 5.82 Å². The maximum absolute atomic E-state index is 9.75. The van der Waals surface area contributed by atoms with Crippen molar-refractivity contribution in [3.8, 4) is 17.2 Å². The van der Waals surface area contributed by atoms with Crippen molar-refractivity contribution >= 4 is 15.9 Å². The molecule has 5 heteroatoms. The third kappa shape index (κ3) is 3.46. The molecule has 2 aromatic rings. The van der Waals surface area contributed by atoms with Crippen LogP contribution in [-0.2, 0) is 0 Å². The predicted octanol–water partition coefficient (Wildman–Crippen LogP) is 5.03. The van der Waals surface area contributed by atoms with Crippen LogP contribution in [0.25, 0.3) is 11.5 Å². The van der Waals surface area contributed by atoms with Crippen LogP contribution in [-0.4, -0.2) is 15.2 Å². The molecule has 1 saturated carbocycles. The van der Waals surface area contributed by atoms with Crippen molar-refractivity contribution in [1.82, 2.24) is 10.1 Å². The molecule has 0 amide bonds. The quantitative estimate of drug-likeness (QED) is 0.824. The Balaban J connectivity index is 1.79. The van der Waals surface area contributed by atoms with Gasteiger partial charge in [0.2, 0.25) is 0 Å². The fourth-order valence-corrected chi connectivity index (χ4v) is 3.12. The van der Waals surface area contributed by atoms with Crippen LogP contribution in [0.4, 0.5) is 0 Å². The Morgan fingerprint density at radius 1 is 1.10 bits per heavy atom. The molecule has 3 rings (SSSR count). The number of halogens is 1. The Hall–Kier alpha value is -1.36. The minimum Gasteiger partial charge on any atom is -0.507 e. The number of hydrogen-bond acceptors (Lipinski definition) is 4. The number of rotatable bonds is 2. The second-order valence-electron chi connectivity index (χ2n) is 5.67. The second-order valence-corrected chi connectivity index (χ2v) is 6.52. The molecule has 0 radical (unpaired) electrons. The molecule has 1 aromatic carbocycles. The zero-order valence-corrected chi connectivity index (χ0v) is 13.5. The Morgan fingerprint density at radius 3 is 2.52 bits per heavy atom. The van der Waals surface area contributed by atoms with Crippen LogP contribution in [0.15, 0.2) is 27.2 Å². The van der Waals surface area contributed by atoms with Crippen molar-refractivity contribution in [3.05, 3.63) is 28.5 Å². The van der Waals surface area contributed by atoms with Crippen LogP contribution < -0.4 is 0 Å². The molecule has 0 bridgehead atoms. The van der Waals surface area contributed by atoms with Gasteiger partial charge in [-0.1, -0.05) is 37.3 Å². The monoisotopic (exact) mass is 350 g/mol. The van der Waals surface area contributed by atoms with E-state index in [2.05, 4.69) is 26.1 Å². The van der Waals surface area contributed by atoms with E-state index >= 15 is 0 Å². The fraction of sp³-hybridized carbons (Fsp3) is 0.500. The first kappa shape index (κ1) is 14.6. The van der Waals surface area contributed by atoms with Crippen molar-refractivity contribution in [1.29, 1.82) is 0 Å². The summed E-state index contributed by atoms with van der Waals surface area (Å²) in [6, 6.07) is 5.28. The molecule has 0 unspecified atom stereocenters. The lowest BCUT2D eigenvalue weighted by molar-refractivity contribution is 0.393. The van der Waals surface area contributed by atoms with E-state index in [1.54, 1.807) is 12.1 Å². The van der Waals surface area contributed by atoms with Crippen LogP contribution in [0, 0.1) is 0 Å². The molecule has 0 spiro atoms. The number of nitrogens with zero attached hydrogens (tertiary/aromatic N) is 2. The van der Waals surface area contributed by atoms with E-state index in [-0.39, 0.29) is 5.75 Å². The molecule has 1 fully saturated rings. The highest BCUT2D eigenvalue weighted by molar-refractivity contribution is 9.10. The van der Waals surface area contributed by atoms with Gasteiger partial charge in [-0.25, -0.2) is 0 Å². The summed E-state index contributed by atoms with van der Waals surface area (Å²) in [6.45, 7) is 0. The average Bonchev–Trinajstić information content (AvgIpc) is 2.91. The maximum Gasteiger partial charge on any atom is 0.258 e. The first-order valence-corrected chi connectivity index (χ1v) is 8.36. The number of benzene rings is 1. The van der Waals surface area contributed by atoms with Crippen LogP contribution in [0.1, 0.15) is 56.7 Å². The van der Waals surface area contributed by atoms with Crippen LogP contribution >= 0.6 is 15.9 Å². The van der Waals surface area contributed by atoms with Gasteiger partial charge in [0.1, 0.15) is 5.75 Å².